The maximum Gasteiger partial charge on any atom is 0.338 e. The smallest absolute Gasteiger partial charge is 0.338 e. The van der Waals surface area contributed by atoms with Gasteiger partial charge < -0.3 is 4.74 Å². The van der Waals surface area contributed by atoms with Crippen LogP contribution in [-0.2, 0) is 4.74 Å². The van der Waals surface area contributed by atoms with Crippen LogP contribution < -0.4 is 0 Å². The van der Waals surface area contributed by atoms with Gasteiger partial charge in [-0.2, -0.15) is 0 Å². The van der Waals surface area contributed by atoms with E-state index in [1.165, 1.54) is 0 Å². The van der Waals surface area contributed by atoms with E-state index < -0.39 is 0 Å². The van der Waals surface area contributed by atoms with E-state index in [0.717, 1.165) is 25.7 Å². The fourth-order valence-corrected chi connectivity index (χ4v) is 2.18. The van der Waals surface area contributed by atoms with Gasteiger partial charge in [-0.3, -0.25) is 0 Å². The predicted octanol–water partition coefficient (Wildman–Crippen LogP) is 5.41. The Labute approximate surface area is 133 Å². The third-order valence-electron chi connectivity index (χ3n) is 3.63. The summed E-state index contributed by atoms with van der Waals surface area (Å²) in [6, 6.07) is 4.91. The van der Waals surface area contributed by atoms with Gasteiger partial charge in [-0.15, -0.1) is 5.73 Å². The van der Waals surface area contributed by atoms with Crippen molar-refractivity contribution >= 4 is 17.7 Å². The molecule has 0 aromatic heterocycles. The molecule has 1 rings (SSSR count). The van der Waals surface area contributed by atoms with Crippen LogP contribution in [0.5, 0.6) is 0 Å². The fraction of sp³-hybridized carbons (Fsp3) is 0.421. The molecule has 0 heterocycles. The van der Waals surface area contributed by atoms with Gasteiger partial charge in [0.25, 0.3) is 0 Å². The van der Waals surface area contributed by atoms with E-state index in [9.17, 15) is 4.79 Å². The fourth-order valence-electron chi connectivity index (χ4n) is 2.18. The number of carbonyl (C=O) groups is 1. The first-order chi connectivity index (χ1) is 10.7. The molecule has 0 saturated carbocycles. The summed E-state index contributed by atoms with van der Waals surface area (Å²) in [4.78, 5) is 15.6. The van der Waals surface area contributed by atoms with E-state index in [2.05, 4.69) is 31.0 Å². The van der Waals surface area contributed by atoms with E-state index in [0.29, 0.717) is 29.3 Å². The van der Waals surface area contributed by atoms with Crippen LogP contribution in [0.1, 0.15) is 55.5 Å². The Balaban J connectivity index is 2.75. The summed E-state index contributed by atoms with van der Waals surface area (Å²) in [5.41, 5.74) is 4.21. The van der Waals surface area contributed by atoms with Crippen LogP contribution in [0.2, 0.25) is 0 Å². The average molecular weight is 297 g/mol. The highest BCUT2D eigenvalue weighted by Crippen LogP contribution is 2.22. The topological polar surface area (TPSA) is 30.7 Å². The lowest BCUT2D eigenvalue weighted by molar-refractivity contribution is 0.0428. The molecule has 0 fully saturated rings. The molecule has 0 saturated heterocycles. The minimum Gasteiger partial charge on any atom is -0.462 e. The Morgan fingerprint density at radius 2 is 2.27 bits per heavy atom. The van der Waals surface area contributed by atoms with Gasteiger partial charge in [0.1, 0.15) is 0 Å². The molecule has 3 nitrogen and oxygen atoms in total. The van der Waals surface area contributed by atoms with Gasteiger partial charge in [-0.25, -0.2) is 9.64 Å². The molecule has 3 heteroatoms. The summed E-state index contributed by atoms with van der Waals surface area (Å²) >= 11 is 0. The van der Waals surface area contributed by atoms with Gasteiger partial charge in [0.2, 0.25) is 0 Å². The summed E-state index contributed by atoms with van der Waals surface area (Å²) in [7, 11) is 0. The highest BCUT2D eigenvalue weighted by Gasteiger charge is 2.13. The summed E-state index contributed by atoms with van der Waals surface area (Å²) in [5.74, 6) is 0.0733. The van der Waals surface area contributed by atoms with Crippen molar-refractivity contribution in [2.75, 3.05) is 6.61 Å². The third-order valence-corrected chi connectivity index (χ3v) is 3.63. The number of rotatable bonds is 8. The van der Waals surface area contributed by atoms with Crippen LogP contribution in [0.25, 0.3) is 10.9 Å². The zero-order valence-corrected chi connectivity index (χ0v) is 13.4. The Hall–Kier alpha value is -2.30. The van der Waals surface area contributed by atoms with E-state index >= 15 is 0 Å². The van der Waals surface area contributed by atoms with Gasteiger partial charge in [-0.1, -0.05) is 57.9 Å². The van der Waals surface area contributed by atoms with E-state index in [4.69, 9.17) is 11.3 Å². The first kappa shape index (κ1) is 17.8. The van der Waals surface area contributed by atoms with Crippen molar-refractivity contribution in [3.63, 3.8) is 0 Å². The Morgan fingerprint density at radius 1 is 1.50 bits per heavy atom. The molecular formula is C19H23NO2. The van der Waals surface area contributed by atoms with Crippen LogP contribution in [0.15, 0.2) is 30.5 Å². The highest BCUT2D eigenvalue weighted by atomic mass is 16.5. The first-order valence-electron chi connectivity index (χ1n) is 7.70. The first-order valence-corrected chi connectivity index (χ1v) is 7.70. The van der Waals surface area contributed by atoms with Gasteiger partial charge in [0.05, 0.1) is 18.7 Å². The number of hydrogen-bond donors (Lipinski definition) is 0. The minimum absolute atomic E-state index is 0.342. The standard InChI is InChI=1S/C19H23NO2/c1-5-8-10-15(7-3)14-22-19(21)17-11-12-18(20-4)16(13-17)9-6-2/h9,11-13,15H,2,5,7-8,10,14H2,1,3H3. The molecule has 1 atom stereocenters. The zero-order chi connectivity index (χ0) is 16.4. The van der Waals surface area contributed by atoms with Crippen molar-refractivity contribution in [1.29, 1.82) is 0 Å². The van der Waals surface area contributed by atoms with Crippen molar-refractivity contribution in [2.45, 2.75) is 39.5 Å². The second kappa shape index (κ2) is 9.60. The Bertz CT molecular complexity index is 592. The van der Waals surface area contributed by atoms with Crippen molar-refractivity contribution < 1.29 is 9.53 Å². The largest absolute Gasteiger partial charge is 0.462 e. The summed E-state index contributed by atoms with van der Waals surface area (Å²) < 4.78 is 5.42. The van der Waals surface area contributed by atoms with Crippen molar-refractivity contribution in [3.05, 3.63) is 53.1 Å². The van der Waals surface area contributed by atoms with E-state index in [-0.39, 0.29) is 5.97 Å². The number of benzene rings is 1. The number of nitrogens with zero attached hydrogens (tertiary/aromatic N) is 1. The lowest BCUT2D eigenvalue weighted by Crippen LogP contribution is -2.14. The number of hydrogen-bond acceptors (Lipinski definition) is 2. The maximum atomic E-state index is 12.1. The van der Waals surface area contributed by atoms with Gasteiger partial charge in [0, 0.05) is 0 Å². The molecule has 1 unspecified atom stereocenters. The van der Waals surface area contributed by atoms with E-state index in [1.54, 1.807) is 24.3 Å². The molecule has 0 aliphatic heterocycles. The monoisotopic (exact) mass is 297 g/mol. The van der Waals surface area contributed by atoms with Gasteiger partial charge in [-0.05, 0) is 24.0 Å². The molecule has 1 aromatic rings. The lowest BCUT2D eigenvalue weighted by atomic mass is 10.0. The second-order valence-electron chi connectivity index (χ2n) is 5.25. The van der Waals surface area contributed by atoms with Crippen molar-refractivity contribution in [3.8, 4) is 0 Å². The van der Waals surface area contributed by atoms with Crippen molar-refractivity contribution in [1.82, 2.24) is 0 Å². The van der Waals surface area contributed by atoms with Crippen LogP contribution in [0.4, 0.5) is 5.69 Å². The molecule has 0 N–H and O–H groups in total. The van der Waals surface area contributed by atoms with Crippen LogP contribution >= 0.6 is 0 Å². The molecule has 0 amide bonds. The highest BCUT2D eigenvalue weighted by molar-refractivity contribution is 5.91. The van der Waals surface area contributed by atoms with Crippen molar-refractivity contribution in [2.24, 2.45) is 5.92 Å². The molecule has 0 bridgehead atoms. The number of esters is 1. The molecule has 116 valence electrons. The molecule has 22 heavy (non-hydrogen) atoms. The number of unbranched alkanes of at least 4 members (excludes halogenated alkanes) is 1. The summed E-state index contributed by atoms with van der Waals surface area (Å²) in [6.45, 7) is 15.3. The van der Waals surface area contributed by atoms with Crippen LogP contribution in [0, 0.1) is 12.5 Å². The molecule has 1 aromatic carbocycles. The Morgan fingerprint density at radius 3 is 2.86 bits per heavy atom. The maximum absolute atomic E-state index is 12.1. The molecular weight excluding hydrogens is 274 g/mol. The molecule has 0 aliphatic rings. The SMILES string of the molecule is [C-]#[N+]c1ccc(C(=O)OCC(CC)CCCC)cc1C=C=C. The summed E-state index contributed by atoms with van der Waals surface area (Å²) in [5, 5.41) is 0. The number of carbonyl (C=O) groups excluding carboxylic acids is 1. The molecule has 0 aliphatic carbocycles. The number of ether oxygens (including phenoxy) is 1. The molecule has 0 spiro atoms. The summed E-state index contributed by atoms with van der Waals surface area (Å²) in [6.07, 6.45) is 6.00. The van der Waals surface area contributed by atoms with E-state index in [1.807, 2.05) is 0 Å². The third kappa shape index (κ3) is 5.24. The lowest BCUT2D eigenvalue weighted by Gasteiger charge is -2.14. The Kier molecular flexibility index (Phi) is 7.75. The van der Waals surface area contributed by atoms with Gasteiger partial charge >= 0.3 is 5.97 Å². The average Bonchev–Trinajstić information content (AvgIpc) is 2.55. The minimum atomic E-state index is -0.342. The van der Waals surface area contributed by atoms with Gasteiger partial charge in [0.15, 0.2) is 5.69 Å². The molecule has 0 radical (unpaired) electrons. The quantitative estimate of drug-likeness (QED) is 0.365. The predicted molar refractivity (Wildman–Crippen MR) is 89.9 cm³/mol. The zero-order valence-electron chi connectivity index (χ0n) is 13.4. The normalized spacial score (nSPS) is 11.1. The van der Waals surface area contributed by atoms with Crippen LogP contribution in [0.3, 0.4) is 0 Å². The second-order valence-corrected chi connectivity index (χ2v) is 5.25. The van der Waals surface area contributed by atoms with Crippen LogP contribution in [-0.4, -0.2) is 12.6 Å².